The van der Waals surface area contributed by atoms with E-state index in [1.807, 2.05) is 13.0 Å². The number of rotatable bonds is 10. The van der Waals surface area contributed by atoms with Gasteiger partial charge >= 0.3 is 5.97 Å². The Kier molecular flexibility index (Phi) is 12.2. The van der Waals surface area contributed by atoms with Crippen molar-refractivity contribution in [3.05, 3.63) is 58.6 Å². The van der Waals surface area contributed by atoms with Crippen molar-refractivity contribution in [3.63, 3.8) is 0 Å². The van der Waals surface area contributed by atoms with Crippen LogP contribution in [0.4, 0.5) is 0 Å². The number of halogens is 1. The van der Waals surface area contributed by atoms with Crippen molar-refractivity contribution in [3.8, 4) is 11.5 Å². The van der Waals surface area contributed by atoms with Gasteiger partial charge in [-0.15, -0.1) is 0 Å². The molecular weight excluding hydrogens is 474 g/mol. The Hall–Kier alpha value is -2.37. The first-order valence-electron chi connectivity index (χ1n) is 10.1. The third-order valence-corrected chi connectivity index (χ3v) is 4.53. The molecule has 2 rings (SSSR count). The second kappa shape index (κ2) is 14.0. The number of aliphatic hydroxyl groups is 1. The molecule has 0 aliphatic carbocycles. The van der Waals surface area contributed by atoms with Crippen LogP contribution in [0, 0.1) is 0 Å². The quantitative estimate of drug-likeness (QED) is 0.284. The zero-order valence-corrected chi connectivity index (χ0v) is 20.3. The Labute approximate surface area is 199 Å². The van der Waals surface area contributed by atoms with Crippen LogP contribution in [-0.2, 0) is 26.1 Å². The van der Waals surface area contributed by atoms with E-state index in [0.29, 0.717) is 36.6 Å². The topological polar surface area (TPSA) is 142 Å². The van der Waals surface area contributed by atoms with Gasteiger partial charge in [-0.3, -0.25) is 4.55 Å². The first-order valence-corrected chi connectivity index (χ1v) is 12.3. The third-order valence-electron chi connectivity index (χ3n) is 4.24. The summed E-state index contributed by atoms with van der Waals surface area (Å²) in [4.78, 5) is 11.3. The molecule has 0 unspecified atom stereocenters. The van der Waals surface area contributed by atoms with Crippen molar-refractivity contribution in [1.29, 1.82) is 0 Å². The number of aliphatic hydroxyl groups excluding tert-OH is 1. The minimum absolute atomic E-state index is 0.160. The predicted molar refractivity (Wildman–Crippen MR) is 125 cm³/mol. The fourth-order valence-electron chi connectivity index (χ4n) is 2.67. The maximum Gasteiger partial charge on any atom is 0.344 e. The molecule has 0 amide bonds. The lowest BCUT2D eigenvalue weighted by atomic mass is 10.0. The lowest BCUT2D eigenvalue weighted by Gasteiger charge is -2.21. The third kappa shape index (κ3) is 12.4. The van der Waals surface area contributed by atoms with E-state index in [-0.39, 0.29) is 18.4 Å². The number of benzene rings is 2. The van der Waals surface area contributed by atoms with E-state index < -0.39 is 22.2 Å². The molecule has 0 bridgehead atoms. The zero-order valence-electron chi connectivity index (χ0n) is 18.7. The smallest absolute Gasteiger partial charge is 0.344 e. The molecule has 2 aromatic rings. The maximum absolute atomic E-state index is 11.3. The summed E-state index contributed by atoms with van der Waals surface area (Å²) in [6.45, 7) is 4.41. The molecule has 11 heteroatoms. The summed E-state index contributed by atoms with van der Waals surface area (Å²) in [7, 11) is -3.67. The Morgan fingerprint density at radius 1 is 1.18 bits per heavy atom. The van der Waals surface area contributed by atoms with Crippen LogP contribution in [0.25, 0.3) is 0 Å². The molecule has 0 saturated carbocycles. The second-order valence-corrected chi connectivity index (χ2v) is 8.99. The SMILES string of the molecule is CCOC(=O)COc1ccc(CCN[C@@H](C)[C@H](O)c2ccc(O)cc2)cc1Cl.CS(=O)(=O)O. The van der Waals surface area contributed by atoms with Gasteiger partial charge < -0.3 is 25.0 Å². The maximum atomic E-state index is 11.3. The number of phenolic OH excluding ortho intramolecular Hbond substituents is 1. The van der Waals surface area contributed by atoms with E-state index >= 15 is 0 Å². The number of aromatic hydroxyl groups is 1. The van der Waals surface area contributed by atoms with E-state index in [9.17, 15) is 23.4 Å². The molecule has 0 radical (unpaired) electrons. The number of hydrogen-bond donors (Lipinski definition) is 4. The summed E-state index contributed by atoms with van der Waals surface area (Å²) in [5.74, 6) is 0.165. The Bertz CT molecular complexity index is 974. The van der Waals surface area contributed by atoms with E-state index in [2.05, 4.69) is 5.32 Å². The number of phenols is 1. The first kappa shape index (κ1) is 28.7. The van der Waals surface area contributed by atoms with Gasteiger partial charge in [0.25, 0.3) is 10.1 Å². The second-order valence-electron chi connectivity index (χ2n) is 7.12. The van der Waals surface area contributed by atoms with Gasteiger partial charge in [0.1, 0.15) is 11.5 Å². The monoisotopic (exact) mass is 503 g/mol. The zero-order chi connectivity index (χ0) is 25.0. The molecule has 0 heterocycles. The van der Waals surface area contributed by atoms with Gasteiger partial charge in [0.15, 0.2) is 6.61 Å². The molecule has 184 valence electrons. The predicted octanol–water partition coefficient (Wildman–Crippen LogP) is 2.75. The van der Waals surface area contributed by atoms with Gasteiger partial charge in [0.05, 0.1) is 24.0 Å². The average Bonchev–Trinajstić information content (AvgIpc) is 2.72. The minimum atomic E-state index is -3.67. The number of carbonyl (C=O) groups excluding carboxylic acids is 1. The summed E-state index contributed by atoms with van der Waals surface area (Å²) < 4.78 is 36.0. The van der Waals surface area contributed by atoms with Crippen LogP contribution < -0.4 is 10.1 Å². The summed E-state index contributed by atoms with van der Waals surface area (Å²) in [5, 5.41) is 23.4. The summed E-state index contributed by atoms with van der Waals surface area (Å²) in [6.07, 6.45) is 0.750. The van der Waals surface area contributed by atoms with Gasteiger partial charge in [0.2, 0.25) is 0 Å². The number of hydrogen-bond acceptors (Lipinski definition) is 8. The standard InChI is InChI=1S/C21H26ClNO5.CH4O3S/c1-3-27-20(25)13-28-19-9-4-15(12-18(19)22)10-11-23-14(2)21(26)16-5-7-17(24)8-6-16;1-5(2,3)4/h4-9,12,14,21,23-24,26H,3,10-11,13H2,1-2H3;1H3,(H,2,3,4)/t14-,21-;/m0./s1. The van der Waals surface area contributed by atoms with Crippen LogP contribution >= 0.6 is 11.6 Å². The van der Waals surface area contributed by atoms with Crippen LogP contribution in [0.15, 0.2) is 42.5 Å². The van der Waals surface area contributed by atoms with Crippen molar-refractivity contribution in [2.24, 2.45) is 0 Å². The summed E-state index contributed by atoms with van der Waals surface area (Å²) in [6, 6.07) is 11.8. The molecule has 4 N–H and O–H groups in total. The van der Waals surface area contributed by atoms with E-state index in [0.717, 1.165) is 11.1 Å². The number of esters is 1. The normalized spacial score (nSPS) is 12.8. The molecule has 0 aliphatic rings. The van der Waals surface area contributed by atoms with Gasteiger partial charge in [0, 0.05) is 6.04 Å². The van der Waals surface area contributed by atoms with E-state index in [4.69, 9.17) is 25.6 Å². The molecule has 0 spiro atoms. The van der Waals surface area contributed by atoms with Gasteiger partial charge in [-0.05, 0) is 62.2 Å². The largest absolute Gasteiger partial charge is 0.508 e. The van der Waals surface area contributed by atoms with Crippen LogP contribution in [0.2, 0.25) is 5.02 Å². The Morgan fingerprint density at radius 3 is 2.33 bits per heavy atom. The lowest BCUT2D eigenvalue weighted by molar-refractivity contribution is -0.145. The van der Waals surface area contributed by atoms with Crippen molar-refractivity contribution in [2.45, 2.75) is 32.4 Å². The molecule has 2 aromatic carbocycles. The highest BCUT2D eigenvalue weighted by Crippen LogP contribution is 2.26. The highest BCUT2D eigenvalue weighted by Gasteiger charge is 2.15. The van der Waals surface area contributed by atoms with Crippen LogP contribution in [0.5, 0.6) is 11.5 Å². The molecule has 2 atom stereocenters. The average molecular weight is 504 g/mol. The number of ether oxygens (including phenoxy) is 2. The summed E-state index contributed by atoms with van der Waals surface area (Å²) >= 11 is 6.22. The van der Waals surface area contributed by atoms with Crippen molar-refractivity contribution < 1.29 is 37.5 Å². The van der Waals surface area contributed by atoms with Crippen molar-refractivity contribution in [2.75, 3.05) is 26.0 Å². The van der Waals surface area contributed by atoms with Gasteiger partial charge in [-0.25, -0.2) is 4.79 Å². The van der Waals surface area contributed by atoms with E-state index in [1.165, 1.54) is 0 Å². The van der Waals surface area contributed by atoms with Crippen LogP contribution in [-0.4, -0.2) is 61.2 Å². The van der Waals surface area contributed by atoms with Crippen LogP contribution in [0.3, 0.4) is 0 Å². The lowest BCUT2D eigenvalue weighted by Crippen LogP contribution is -2.33. The molecular formula is C22H30ClNO8S. The highest BCUT2D eigenvalue weighted by molar-refractivity contribution is 7.85. The Morgan fingerprint density at radius 2 is 1.79 bits per heavy atom. The molecule has 0 aliphatic heterocycles. The number of nitrogens with one attached hydrogen (secondary N) is 1. The van der Waals surface area contributed by atoms with Gasteiger partial charge in [-0.1, -0.05) is 29.8 Å². The van der Waals surface area contributed by atoms with Crippen LogP contribution in [0.1, 0.15) is 31.1 Å². The fraction of sp³-hybridized carbons (Fsp3) is 0.409. The van der Waals surface area contributed by atoms with Gasteiger partial charge in [-0.2, -0.15) is 8.42 Å². The molecule has 33 heavy (non-hydrogen) atoms. The van der Waals surface area contributed by atoms with Crippen molar-refractivity contribution >= 4 is 27.7 Å². The first-order chi connectivity index (χ1) is 15.4. The minimum Gasteiger partial charge on any atom is -0.508 e. The highest BCUT2D eigenvalue weighted by atomic mass is 35.5. The summed E-state index contributed by atoms with van der Waals surface area (Å²) in [5.41, 5.74) is 1.75. The molecule has 9 nitrogen and oxygen atoms in total. The fourth-order valence-corrected chi connectivity index (χ4v) is 2.93. The molecule has 0 saturated heterocycles. The van der Waals surface area contributed by atoms with Crippen molar-refractivity contribution in [1.82, 2.24) is 5.32 Å². The van der Waals surface area contributed by atoms with E-state index in [1.54, 1.807) is 43.3 Å². The number of carbonyl (C=O) groups is 1. The molecule has 0 fully saturated rings. The molecule has 0 aromatic heterocycles. The Balaban J connectivity index is 0.000000981.